The Morgan fingerprint density at radius 1 is 1.06 bits per heavy atom. The van der Waals surface area contributed by atoms with Gasteiger partial charge in [-0.2, -0.15) is 0 Å². The molecule has 6 rings (SSSR count). The molecule has 1 saturated heterocycles. The second-order valence-electron chi connectivity index (χ2n) is 9.16. The molecule has 8 nitrogen and oxygen atoms in total. The van der Waals surface area contributed by atoms with Gasteiger partial charge in [-0.05, 0) is 61.7 Å². The number of nitrogens with zero attached hydrogens (tertiary/aromatic N) is 3. The number of aryl methyl sites for hydroxylation is 1. The van der Waals surface area contributed by atoms with Crippen LogP contribution in [0.25, 0.3) is 33.6 Å². The molecule has 180 valence electrons. The molecule has 1 N–H and O–H groups in total. The molecule has 1 atom stereocenters. The van der Waals surface area contributed by atoms with Gasteiger partial charge in [0, 0.05) is 24.9 Å². The Hall–Kier alpha value is -3.62. The molecular formula is C27H27N3O5. The highest BCUT2D eigenvalue weighted by atomic mass is 16.5. The first-order chi connectivity index (χ1) is 17.1. The average Bonchev–Trinajstić information content (AvgIpc) is 3.62. The van der Waals surface area contributed by atoms with Gasteiger partial charge in [0.2, 0.25) is 5.89 Å². The lowest BCUT2D eigenvalue weighted by molar-refractivity contribution is 0.0599. The van der Waals surface area contributed by atoms with E-state index in [0.29, 0.717) is 41.3 Å². The van der Waals surface area contributed by atoms with Gasteiger partial charge in [-0.15, -0.1) is 10.2 Å². The van der Waals surface area contributed by atoms with Gasteiger partial charge in [-0.1, -0.05) is 18.2 Å². The van der Waals surface area contributed by atoms with Crippen molar-refractivity contribution in [1.82, 2.24) is 15.1 Å². The fourth-order valence-electron chi connectivity index (χ4n) is 4.87. The van der Waals surface area contributed by atoms with Crippen LogP contribution in [0.4, 0.5) is 0 Å². The van der Waals surface area contributed by atoms with Gasteiger partial charge in [-0.25, -0.2) is 0 Å². The molecule has 1 fully saturated rings. The molecule has 5 aromatic rings. The number of hydrogen-bond donors (Lipinski definition) is 1. The molecule has 1 aliphatic heterocycles. The quantitative estimate of drug-likeness (QED) is 0.346. The third-order valence-electron chi connectivity index (χ3n) is 6.70. The van der Waals surface area contributed by atoms with Crippen LogP contribution in [0.1, 0.15) is 30.2 Å². The van der Waals surface area contributed by atoms with Crippen molar-refractivity contribution in [3.8, 4) is 17.4 Å². The molecule has 1 aliphatic rings. The van der Waals surface area contributed by atoms with Gasteiger partial charge in [0.15, 0.2) is 5.76 Å². The number of likely N-dealkylation sites (tertiary alicyclic amines) is 1. The van der Waals surface area contributed by atoms with E-state index < -0.39 is 6.10 Å². The van der Waals surface area contributed by atoms with Crippen LogP contribution >= 0.6 is 0 Å². The minimum atomic E-state index is -0.591. The normalized spacial score (nSPS) is 16.3. The second-order valence-corrected chi connectivity index (χ2v) is 9.16. The van der Waals surface area contributed by atoms with E-state index >= 15 is 0 Å². The minimum Gasteiger partial charge on any atom is -0.490 e. The fraction of sp³-hybridized carbons (Fsp3) is 0.333. The Labute approximate surface area is 202 Å². The maximum atomic E-state index is 10.7. The number of ether oxygens (including phenoxy) is 1. The number of fused-ring (bicyclic) bond motifs is 2. The lowest BCUT2D eigenvalue weighted by Crippen LogP contribution is -2.40. The van der Waals surface area contributed by atoms with Gasteiger partial charge < -0.3 is 28.0 Å². The molecule has 0 saturated carbocycles. The summed E-state index contributed by atoms with van der Waals surface area (Å²) in [4.78, 5) is 2.31. The van der Waals surface area contributed by atoms with E-state index in [1.54, 1.807) is 13.2 Å². The first-order valence-electron chi connectivity index (χ1n) is 12.0. The van der Waals surface area contributed by atoms with Crippen LogP contribution in [0.5, 0.6) is 5.75 Å². The third kappa shape index (κ3) is 4.54. The van der Waals surface area contributed by atoms with E-state index in [2.05, 4.69) is 33.3 Å². The Bertz CT molecular complexity index is 1440. The summed E-state index contributed by atoms with van der Waals surface area (Å²) < 4.78 is 22.9. The summed E-state index contributed by atoms with van der Waals surface area (Å²) in [6, 6.07) is 15.9. The summed E-state index contributed by atoms with van der Waals surface area (Å²) in [6.45, 7) is 4.41. The van der Waals surface area contributed by atoms with Crippen LogP contribution < -0.4 is 4.74 Å². The summed E-state index contributed by atoms with van der Waals surface area (Å²) in [5, 5.41) is 20.5. The average molecular weight is 474 g/mol. The number of aliphatic hydroxyl groups is 1. The summed E-state index contributed by atoms with van der Waals surface area (Å²) in [7, 11) is 0. The van der Waals surface area contributed by atoms with Crippen LogP contribution in [0.15, 0.2) is 68.0 Å². The van der Waals surface area contributed by atoms with E-state index in [1.165, 1.54) is 5.56 Å². The number of aliphatic hydroxyl groups excluding tert-OH is 1. The number of piperidine rings is 1. The minimum absolute atomic E-state index is 0.203. The second kappa shape index (κ2) is 9.20. The first kappa shape index (κ1) is 21.9. The van der Waals surface area contributed by atoms with E-state index in [0.717, 1.165) is 42.3 Å². The Kier molecular flexibility index (Phi) is 5.75. The van der Waals surface area contributed by atoms with Gasteiger partial charge in [0.1, 0.15) is 29.6 Å². The molecular weight excluding hydrogens is 446 g/mol. The van der Waals surface area contributed by atoms with Crippen molar-refractivity contribution in [2.45, 2.75) is 31.8 Å². The van der Waals surface area contributed by atoms with Gasteiger partial charge in [-0.3, -0.25) is 0 Å². The fourth-order valence-corrected chi connectivity index (χ4v) is 4.87. The molecule has 2 aromatic carbocycles. The highest BCUT2D eigenvalue weighted by Gasteiger charge is 2.23. The molecule has 35 heavy (non-hydrogen) atoms. The van der Waals surface area contributed by atoms with Crippen molar-refractivity contribution in [2.75, 3.05) is 26.2 Å². The third-order valence-corrected chi connectivity index (χ3v) is 6.70. The maximum Gasteiger partial charge on any atom is 0.283 e. The number of aromatic nitrogens is 2. The van der Waals surface area contributed by atoms with Crippen LogP contribution in [0, 0.1) is 6.92 Å². The van der Waals surface area contributed by atoms with Crippen molar-refractivity contribution >= 4 is 21.9 Å². The highest BCUT2D eigenvalue weighted by Crippen LogP contribution is 2.33. The zero-order valence-corrected chi connectivity index (χ0v) is 19.5. The molecule has 0 radical (unpaired) electrons. The standard InChI is InChI=1S/C27H27N3O5/c1-17-28-29-27(34-17)26-14-22-23(3-2-4-24(22)35-26)33-16-21(31)15-30-10-7-18(8-11-30)20-6-5-19-9-12-32-25(19)13-20/h2-6,9,12-14,18,21,31H,7-8,10-11,15-16H2,1H3. The highest BCUT2D eigenvalue weighted by molar-refractivity contribution is 5.87. The number of furan rings is 2. The topological polar surface area (TPSA) is 97.9 Å². The summed E-state index contributed by atoms with van der Waals surface area (Å²) in [6.07, 6.45) is 3.27. The van der Waals surface area contributed by atoms with Crippen molar-refractivity contribution in [3.63, 3.8) is 0 Å². The number of hydrogen-bond acceptors (Lipinski definition) is 8. The van der Waals surface area contributed by atoms with Crippen LogP contribution in [-0.4, -0.2) is 52.5 Å². The Balaban J connectivity index is 1.04. The molecule has 4 heterocycles. The lowest BCUT2D eigenvalue weighted by Gasteiger charge is -2.33. The van der Waals surface area contributed by atoms with E-state index in [-0.39, 0.29) is 6.61 Å². The first-order valence-corrected chi connectivity index (χ1v) is 12.0. The lowest BCUT2D eigenvalue weighted by atomic mass is 9.89. The summed E-state index contributed by atoms with van der Waals surface area (Å²) >= 11 is 0. The van der Waals surface area contributed by atoms with Crippen molar-refractivity contribution in [1.29, 1.82) is 0 Å². The zero-order valence-electron chi connectivity index (χ0n) is 19.5. The van der Waals surface area contributed by atoms with Gasteiger partial charge in [0.25, 0.3) is 5.89 Å². The zero-order chi connectivity index (χ0) is 23.8. The molecule has 0 aliphatic carbocycles. The Morgan fingerprint density at radius 3 is 2.77 bits per heavy atom. The van der Waals surface area contributed by atoms with E-state index in [9.17, 15) is 5.11 Å². The Morgan fingerprint density at radius 2 is 1.94 bits per heavy atom. The molecule has 0 spiro atoms. The van der Waals surface area contributed by atoms with Gasteiger partial charge in [0.05, 0.1) is 11.6 Å². The predicted octanol–water partition coefficient (Wildman–Crippen LogP) is 5.16. The smallest absolute Gasteiger partial charge is 0.283 e. The van der Waals surface area contributed by atoms with E-state index in [4.69, 9.17) is 18.0 Å². The molecule has 8 heteroatoms. The number of β-amino-alcohol motifs (C(OH)–C–C–N with tert-alkyl or cyclic N) is 1. The van der Waals surface area contributed by atoms with Crippen molar-refractivity contribution in [3.05, 3.63) is 66.2 Å². The molecule has 3 aromatic heterocycles. The molecule has 0 bridgehead atoms. The summed E-state index contributed by atoms with van der Waals surface area (Å²) in [5.74, 6) is 2.47. The van der Waals surface area contributed by atoms with Crippen LogP contribution in [0.2, 0.25) is 0 Å². The largest absolute Gasteiger partial charge is 0.490 e. The van der Waals surface area contributed by atoms with Crippen molar-refractivity contribution in [2.24, 2.45) is 0 Å². The number of benzene rings is 2. The number of rotatable bonds is 7. The SMILES string of the molecule is Cc1nnc(-c2cc3c(OCC(O)CN4CCC(c5ccc6ccoc6c5)CC4)cccc3o2)o1. The predicted molar refractivity (Wildman–Crippen MR) is 130 cm³/mol. The van der Waals surface area contributed by atoms with Crippen LogP contribution in [-0.2, 0) is 0 Å². The molecule has 1 unspecified atom stereocenters. The monoisotopic (exact) mass is 473 g/mol. The van der Waals surface area contributed by atoms with Crippen LogP contribution in [0.3, 0.4) is 0 Å². The van der Waals surface area contributed by atoms with Crippen molar-refractivity contribution < 1.29 is 23.1 Å². The maximum absolute atomic E-state index is 10.7. The summed E-state index contributed by atoms with van der Waals surface area (Å²) in [5.41, 5.74) is 2.95. The van der Waals surface area contributed by atoms with Gasteiger partial charge >= 0.3 is 0 Å². The van der Waals surface area contributed by atoms with E-state index in [1.807, 2.05) is 30.3 Å². The molecule has 0 amide bonds.